The molecule has 0 atom stereocenters. The molecule has 0 aliphatic rings. The van der Waals surface area contributed by atoms with Crippen molar-refractivity contribution in [2.75, 3.05) is 10.6 Å². The lowest BCUT2D eigenvalue weighted by Gasteiger charge is -2.09. The van der Waals surface area contributed by atoms with Crippen LogP contribution in [0, 0.1) is 0 Å². The van der Waals surface area contributed by atoms with Crippen molar-refractivity contribution in [3.63, 3.8) is 0 Å². The number of nitrogens with two attached hydrogens (primary N) is 1. The summed E-state index contributed by atoms with van der Waals surface area (Å²) in [5, 5.41) is 12.4. The quantitative estimate of drug-likeness (QED) is 0.316. The highest BCUT2D eigenvalue weighted by molar-refractivity contribution is 7.12. The van der Waals surface area contributed by atoms with Gasteiger partial charge in [0.2, 0.25) is 5.91 Å². The average Bonchev–Trinajstić information content (AvgIpc) is 3.51. The van der Waals surface area contributed by atoms with Crippen LogP contribution in [0.1, 0.15) is 5.56 Å². The number of rotatable bonds is 7. The van der Waals surface area contributed by atoms with Crippen LogP contribution < -0.4 is 21.1 Å². The summed E-state index contributed by atoms with van der Waals surface area (Å²) in [5.41, 5.74) is 8.56. The van der Waals surface area contributed by atoms with Gasteiger partial charge in [-0.15, -0.1) is 11.3 Å². The Morgan fingerprint density at radius 3 is 2.69 bits per heavy atom. The minimum absolute atomic E-state index is 0.148. The van der Waals surface area contributed by atoms with E-state index in [-0.39, 0.29) is 12.3 Å². The second-order valence-electron chi connectivity index (χ2n) is 7.33. The molecule has 174 valence electrons. The number of aromatic nitrogens is 5. The Kier molecular flexibility index (Phi) is 6.01. The predicted octanol–water partition coefficient (Wildman–Crippen LogP) is 3.63. The Bertz CT molecular complexity index is 1500. The summed E-state index contributed by atoms with van der Waals surface area (Å²) in [5.74, 6) is 0.765. The molecular formula is C23H18N8O3S. The second kappa shape index (κ2) is 9.57. The molecule has 0 fully saturated rings. The van der Waals surface area contributed by atoms with E-state index in [4.69, 9.17) is 10.5 Å². The van der Waals surface area contributed by atoms with Gasteiger partial charge in [0.25, 0.3) is 0 Å². The number of hydrogen-bond acceptors (Lipinski definition) is 9. The van der Waals surface area contributed by atoms with Gasteiger partial charge in [-0.25, -0.2) is 24.3 Å². The molecule has 4 aromatic heterocycles. The van der Waals surface area contributed by atoms with Crippen LogP contribution in [-0.4, -0.2) is 36.6 Å². The van der Waals surface area contributed by atoms with E-state index in [9.17, 15) is 9.59 Å². The Morgan fingerprint density at radius 2 is 1.91 bits per heavy atom. The van der Waals surface area contributed by atoms with Crippen molar-refractivity contribution < 1.29 is 14.3 Å². The molecule has 0 unspecified atom stereocenters. The fourth-order valence-electron chi connectivity index (χ4n) is 3.35. The molecule has 2 amide bonds. The number of pyridine rings is 1. The van der Waals surface area contributed by atoms with Gasteiger partial charge in [0.15, 0.2) is 16.5 Å². The SMILES string of the molecule is NC(=O)Oc1cc(-c2cnc(Nc3ccc(NC(=O)Cc4ccccc4)nc3)c3ncnn23)cs1. The van der Waals surface area contributed by atoms with Gasteiger partial charge in [0.1, 0.15) is 12.1 Å². The minimum Gasteiger partial charge on any atom is -0.399 e. The molecule has 0 bridgehead atoms. The van der Waals surface area contributed by atoms with Crippen LogP contribution in [0.5, 0.6) is 5.06 Å². The Labute approximate surface area is 202 Å². The lowest BCUT2D eigenvalue weighted by Crippen LogP contribution is -2.15. The first-order chi connectivity index (χ1) is 17.0. The summed E-state index contributed by atoms with van der Waals surface area (Å²) in [7, 11) is 0. The smallest absolute Gasteiger partial charge is 0.399 e. The third-order valence-corrected chi connectivity index (χ3v) is 5.68. The number of anilines is 3. The van der Waals surface area contributed by atoms with Crippen LogP contribution in [0.3, 0.4) is 0 Å². The number of nitrogens with zero attached hydrogens (tertiary/aromatic N) is 5. The van der Waals surface area contributed by atoms with Crippen molar-refractivity contribution >= 4 is 46.3 Å². The Balaban J connectivity index is 1.30. The van der Waals surface area contributed by atoms with Crippen molar-refractivity contribution in [1.82, 2.24) is 24.6 Å². The fraction of sp³-hybridized carbons (Fsp3) is 0.0435. The third kappa shape index (κ3) is 5.07. The summed E-state index contributed by atoms with van der Waals surface area (Å²) in [4.78, 5) is 36.3. The van der Waals surface area contributed by atoms with E-state index in [1.54, 1.807) is 40.5 Å². The van der Waals surface area contributed by atoms with Gasteiger partial charge in [-0.2, -0.15) is 5.10 Å². The molecule has 0 radical (unpaired) electrons. The van der Waals surface area contributed by atoms with E-state index in [2.05, 4.69) is 30.7 Å². The molecule has 0 saturated carbocycles. The molecule has 5 rings (SSSR count). The molecule has 4 heterocycles. The van der Waals surface area contributed by atoms with Crippen LogP contribution >= 0.6 is 11.3 Å². The lowest BCUT2D eigenvalue weighted by molar-refractivity contribution is -0.115. The average molecular weight is 487 g/mol. The minimum atomic E-state index is -0.877. The van der Waals surface area contributed by atoms with Crippen molar-refractivity contribution in [2.45, 2.75) is 6.42 Å². The Morgan fingerprint density at radius 1 is 1.06 bits per heavy atom. The molecule has 4 N–H and O–H groups in total. The molecular weight excluding hydrogens is 468 g/mol. The first kappa shape index (κ1) is 22.0. The summed E-state index contributed by atoms with van der Waals surface area (Å²) < 4.78 is 6.54. The summed E-state index contributed by atoms with van der Waals surface area (Å²) in [6.07, 6.45) is 4.03. The zero-order valence-corrected chi connectivity index (χ0v) is 18.9. The monoisotopic (exact) mass is 486 g/mol. The van der Waals surface area contributed by atoms with E-state index in [0.29, 0.717) is 33.7 Å². The van der Waals surface area contributed by atoms with E-state index in [0.717, 1.165) is 11.1 Å². The highest BCUT2D eigenvalue weighted by atomic mass is 32.1. The van der Waals surface area contributed by atoms with Crippen LogP contribution in [-0.2, 0) is 11.2 Å². The van der Waals surface area contributed by atoms with Gasteiger partial charge >= 0.3 is 6.09 Å². The zero-order chi connectivity index (χ0) is 24.2. The summed E-state index contributed by atoms with van der Waals surface area (Å²) in [6, 6.07) is 14.6. The lowest BCUT2D eigenvalue weighted by atomic mass is 10.1. The Hall–Kier alpha value is -4.84. The zero-order valence-electron chi connectivity index (χ0n) is 18.1. The molecule has 0 saturated heterocycles. The largest absolute Gasteiger partial charge is 0.410 e. The number of thiophene rings is 1. The molecule has 0 spiro atoms. The van der Waals surface area contributed by atoms with Crippen LogP contribution in [0.15, 0.2) is 72.6 Å². The maximum Gasteiger partial charge on any atom is 0.410 e. The van der Waals surface area contributed by atoms with Crippen LogP contribution in [0.4, 0.5) is 22.1 Å². The highest BCUT2D eigenvalue weighted by Gasteiger charge is 2.14. The van der Waals surface area contributed by atoms with Crippen LogP contribution in [0.2, 0.25) is 0 Å². The number of ether oxygens (including phenoxy) is 1. The number of fused-ring (bicyclic) bond motifs is 1. The summed E-state index contributed by atoms with van der Waals surface area (Å²) in [6.45, 7) is 0. The number of benzene rings is 1. The molecule has 35 heavy (non-hydrogen) atoms. The maximum atomic E-state index is 12.3. The number of primary amides is 1. The number of carbonyl (C=O) groups excluding carboxylic acids is 2. The first-order valence-electron chi connectivity index (χ1n) is 10.4. The normalized spacial score (nSPS) is 10.7. The molecule has 0 aliphatic carbocycles. The number of hydrogen-bond donors (Lipinski definition) is 3. The van der Waals surface area contributed by atoms with Gasteiger partial charge in [-0.1, -0.05) is 30.3 Å². The molecule has 1 aromatic carbocycles. The van der Waals surface area contributed by atoms with Crippen molar-refractivity contribution in [2.24, 2.45) is 5.73 Å². The molecule has 11 nitrogen and oxygen atoms in total. The highest BCUT2D eigenvalue weighted by Crippen LogP contribution is 2.31. The van der Waals surface area contributed by atoms with E-state index < -0.39 is 6.09 Å². The number of carbonyl (C=O) groups is 2. The molecule has 5 aromatic rings. The fourth-order valence-corrected chi connectivity index (χ4v) is 4.11. The van der Waals surface area contributed by atoms with Crippen molar-refractivity contribution in [1.29, 1.82) is 0 Å². The number of amides is 2. The standard InChI is InChI=1S/C23H18N8O3S/c24-23(33)34-20-9-15(12-35-20)17-11-26-21(22-27-13-28-31(17)22)29-16-6-7-18(25-10-16)30-19(32)8-14-4-2-1-3-5-14/h1-7,9-13H,8H2,(H2,24,33)(H,26,29)(H,25,30,32). The van der Waals surface area contributed by atoms with E-state index >= 15 is 0 Å². The van der Waals surface area contributed by atoms with Crippen LogP contribution in [0.25, 0.3) is 16.9 Å². The van der Waals surface area contributed by atoms with Gasteiger partial charge in [0.05, 0.1) is 30.2 Å². The molecule has 12 heteroatoms. The third-order valence-electron chi connectivity index (χ3n) is 4.88. The first-order valence-corrected chi connectivity index (χ1v) is 11.2. The second-order valence-corrected chi connectivity index (χ2v) is 8.20. The summed E-state index contributed by atoms with van der Waals surface area (Å²) >= 11 is 1.23. The topological polar surface area (TPSA) is 149 Å². The van der Waals surface area contributed by atoms with Crippen molar-refractivity contribution in [3.05, 3.63) is 78.2 Å². The maximum absolute atomic E-state index is 12.3. The van der Waals surface area contributed by atoms with Crippen molar-refractivity contribution in [3.8, 4) is 16.3 Å². The van der Waals surface area contributed by atoms with E-state index in [1.165, 1.54) is 17.7 Å². The van der Waals surface area contributed by atoms with Gasteiger partial charge < -0.3 is 21.1 Å². The van der Waals surface area contributed by atoms with Gasteiger partial charge in [-0.3, -0.25) is 4.79 Å². The molecule has 0 aliphatic heterocycles. The van der Waals surface area contributed by atoms with E-state index in [1.807, 2.05) is 30.3 Å². The van der Waals surface area contributed by atoms with Gasteiger partial charge in [-0.05, 0) is 17.7 Å². The predicted molar refractivity (Wildman–Crippen MR) is 131 cm³/mol. The number of nitrogens with one attached hydrogen (secondary N) is 2. The van der Waals surface area contributed by atoms with Gasteiger partial charge in [0, 0.05) is 17.0 Å².